The van der Waals surface area contributed by atoms with Gasteiger partial charge < -0.3 is 10.1 Å². The monoisotopic (exact) mass is 379 g/mol. The Labute approximate surface area is 161 Å². The standard InChI is InChI=1S/C21H18FN3O3/c1-13-11-20(25-21(23-13)16-3-7-17(22)8-4-16)28-12-19(27)24-18-9-5-15(6-10-18)14(2)26/h3-11H,12H2,1-2H3,(H,24,27). The highest BCUT2D eigenvalue weighted by Crippen LogP contribution is 2.19. The van der Waals surface area contributed by atoms with E-state index in [0.29, 0.717) is 28.3 Å². The Morgan fingerprint density at radius 2 is 1.71 bits per heavy atom. The molecule has 2 aromatic carbocycles. The van der Waals surface area contributed by atoms with Crippen LogP contribution in [-0.2, 0) is 4.79 Å². The molecule has 0 aliphatic heterocycles. The first kappa shape index (κ1) is 19.2. The van der Waals surface area contributed by atoms with Gasteiger partial charge in [0.2, 0.25) is 5.88 Å². The van der Waals surface area contributed by atoms with Crippen molar-refractivity contribution >= 4 is 17.4 Å². The van der Waals surface area contributed by atoms with Gasteiger partial charge in [0.1, 0.15) is 5.82 Å². The van der Waals surface area contributed by atoms with E-state index in [9.17, 15) is 14.0 Å². The third-order valence-corrected chi connectivity index (χ3v) is 3.86. The first-order valence-corrected chi connectivity index (χ1v) is 8.56. The lowest BCUT2D eigenvalue weighted by molar-refractivity contribution is -0.118. The summed E-state index contributed by atoms with van der Waals surface area (Å²) >= 11 is 0. The molecule has 1 heterocycles. The molecule has 0 radical (unpaired) electrons. The molecule has 0 spiro atoms. The zero-order valence-corrected chi connectivity index (χ0v) is 15.4. The minimum Gasteiger partial charge on any atom is -0.467 e. The van der Waals surface area contributed by atoms with Crippen LogP contribution in [0.5, 0.6) is 5.88 Å². The van der Waals surface area contributed by atoms with Gasteiger partial charge in [-0.25, -0.2) is 9.37 Å². The average Bonchev–Trinajstić information content (AvgIpc) is 2.67. The normalized spacial score (nSPS) is 10.4. The number of benzene rings is 2. The smallest absolute Gasteiger partial charge is 0.262 e. The number of carbonyl (C=O) groups is 2. The minimum absolute atomic E-state index is 0.0442. The number of nitrogens with one attached hydrogen (secondary N) is 1. The molecule has 0 saturated carbocycles. The van der Waals surface area contributed by atoms with Crippen LogP contribution in [0.3, 0.4) is 0 Å². The van der Waals surface area contributed by atoms with E-state index in [1.54, 1.807) is 49.4 Å². The molecule has 0 saturated heterocycles. The largest absolute Gasteiger partial charge is 0.467 e. The van der Waals surface area contributed by atoms with Crippen LogP contribution < -0.4 is 10.1 Å². The molecule has 0 aliphatic rings. The highest BCUT2D eigenvalue weighted by molar-refractivity contribution is 5.95. The number of halogens is 1. The molecule has 7 heteroatoms. The van der Waals surface area contributed by atoms with Crippen molar-refractivity contribution in [3.05, 3.63) is 71.7 Å². The summed E-state index contributed by atoms with van der Waals surface area (Å²) in [4.78, 5) is 31.9. The maximum atomic E-state index is 13.1. The molecule has 0 fully saturated rings. The number of aryl methyl sites for hydroxylation is 1. The SMILES string of the molecule is CC(=O)c1ccc(NC(=O)COc2cc(C)nc(-c3ccc(F)cc3)n2)cc1. The molecule has 3 aromatic rings. The van der Waals surface area contributed by atoms with Gasteiger partial charge in [0, 0.05) is 28.6 Å². The fourth-order valence-corrected chi connectivity index (χ4v) is 2.47. The summed E-state index contributed by atoms with van der Waals surface area (Å²) in [5, 5.41) is 2.69. The average molecular weight is 379 g/mol. The van der Waals surface area contributed by atoms with E-state index >= 15 is 0 Å². The summed E-state index contributed by atoms with van der Waals surface area (Å²) in [5.74, 6) is -0.127. The van der Waals surface area contributed by atoms with Crippen molar-refractivity contribution in [2.75, 3.05) is 11.9 Å². The van der Waals surface area contributed by atoms with Crippen LogP contribution in [0.4, 0.5) is 10.1 Å². The highest BCUT2D eigenvalue weighted by Gasteiger charge is 2.09. The van der Waals surface area contributed by atoms with Crippen molar-refractivity contribution in [1.29, 1.82) is 0 Å². The van der Waals surface area contributed by atoms with Gasteiger partial charge in [-0.15, -0.1) is 0 Å². The van der Waals surface area contributed by atoms with Crippen molar-refractivity contribution in [2.24, 2.45) is 0 Å². The molecule has 3 rings (SSSR count). The number of anilines is 1. The predicted octanol–water partition coefficient (Wildman–Crippen LogP) is 3.81. The van der Waals surface area contributed by atoms with Gasteiger partial charge in [-0.1, -0.05) is 0 Å². The molecular formula is C21H18FN3O3. The Hall–Kier alpha value is -3.61. The summed E-state index contributed by atoms with van der Waals surface area (Å²) in [6, 6.07) is 14.0. The second kappa shape index (κ2) is 8.39. The second-order valence-corrected chi connectivity index (χ2v) is 6.15. The van der Waals surface area contributed by atoms with Crippen LogP contribution in [0, 0.1) is 12.7 Å². The Morgan fingerprint density at radius 1 is 1.04 bits per heavy atom. The number of carbonyl (C=O) groups excluding carboxylic acids is 2. The van der Waals surface area contributed by atoms with E-state index in [1.807, 2.05) is 0 Å². The lowest BCUT2D eigenvalue weighted by Gasteiger charge is -2.09. The van der Waals surface area contributed by atoms with Crippen molar-refractivity contribution < 1.29 is 18.7 Å². The zero-order valence-electron chi connectivity index (χ0n) is 15.4. The third-order valence-electron chi connectivity index (χ3n) is 3.86. The van der Waals surface area contributed by atoms with E-state index in [4.69, 9.17) is 4.74 Å². The van der Waals surface area contributed by atoms with Crippen molar-refractivity contribution in [1.82, 2.24) is 9.97 Å². The fraction of sp³-hybridized carbons (Fsp3) is 0.143. The summed E-state index contributed by atoms with van der Waals surface area (Å²) in [7, 11) is 0. The lowest BCUT2D eigenvalue weighted by atomic mass is 10.1. The molecule has 28 heavy (non-hydrogen) atoms. The maximum absolute atomic E-state index is 13.1. The molecule has 0 unspecified atom stereocenters. The Bertz CT molecular complexity index is 1000. The predicted molar refractivity (Wildman–Crippen MR) is 103 cm³/mol. The van der Waals surface area contributed by atoms with E-state index in [1.165, 1.54) is 19.1 Å². The molecule has 0 atom stereocenters. The number of nitrogens with zero attached hydrogens (tertiary/aromatic N) is 2. The fourth-order valence-electron chi connectivity index (χ4n) is 2.47. The minimum atomic E-state index is -0.366. The quantitative estimate of drug-likeness (QED) is 0.659. The van der Waals surface area contributed by atoms with Crippen LogP contribution in [0.25, 0.3) is 11.4 Å². The van der Waals surface area contributed by atoms with E-state index in [2.05, 4.69) is 15.3 Å². The first-order chi connectivity index (χ1) is 13.4. The molecule has 0 bridgehead atoms. The number of ketones is 1. The number of hydrogen-bond donors (Lipinski definition) is 1. The number of Topliss-reactive ketones (excluding diaryl/α,β-unsaturated/α-hetero) is 1. The van der Waals surface area contributed by atoms with Gasteiger partial charge in [0.15, 0.2) is 18.2 Å². The summed E-state index contributed by atoms with van der Waals surface area (Å²) < 4.78 is 18.6. The molecular weight excluding hydrogens is 361 g/mol. The van der Waals surface area contributed by atoms with Gasteiger partial charge in [-0.3, -0.25) is 9.59 Å². The zero-order chi connectivity index (χ0) is 20.1. The van der Waals surface area contributed by atoms with E-state index in [-0.39, 0.29) is 30.0 Å². The third kappa shape index (κ3) is 4.97. The maximum Gasteiger partial charge on any atom is 0.262 e. The molecule has 142 valence electrons. The van der Waals surface area contributed by atoms with Crippen molar-refractivity contribution in [2.45, 2.75) is 13.8 Å². The number of amides is 1. The van der Waals surface area contributed by atoms with Crippen LogP contribution in [-0.4, -0.2) is 28.3 Å². The van der Waals surface area contributed by atoms with E-state index < -0.39 is 0 Å². The number of ether oxygens (including phenoxy) is 1. The van der Waals surface area contributed by atoms with E-state index in [0.717, 1.165) is 0 Å². The Morgan fingerprint density at radius 3 is 2.36 bits per heavy atom. The summed E-state index contributed by atoms with van der Waals surface area (Å²) in [5.41, 5.74) is 2.43. The van der Waals surface area contributed by atoms with Gasteiger partial charge in [-0.2, -0.15) is 4.98 Å². The highest BCUT2D eigenvalue weighted by atomic mass is 19.1. The van der Waals surface area contributed by atoms with Crippen molar-refractivity contribution in [3.8, 4) is 17.3 Å². The van der Waals surface area contributed by atoms with Gasteiger partial charge in [0.05, 0.1) is 0 Å². The van der Waals surface area contributed by atoms with Gasteiger partial charge in [0.25, 0.3) is 5.91 Å². The van der Waals surface area contributed by atoms with Crippen LogP contribution in [0.1, 0.15) is 23.0 Å². The van der Waals surface area contributed by atoms with Gasteiger partial charge >= 0.3 is 0 Å². The molecule has 6 nitrogen and oxygen atoms in total. The first-order valence-electron chi connectivity index (χ1n) is 8.56. The van der Waals surface area contributed by atoms with Gasteiger partial charge in [-0.05, 0) is 62.4 Å². The van der Waals surface area contributed by atoms with Crippen LogP contribution in [0.2, 0.25) is 0 Å². The number of hydrogen-bond acceptors (Lipinski definition) is 5. The number of aromatic nitrogens is 2. The summed E-state index contributed by atoms with van der Waals surface area (Å²) in [6.45, 7) is 3.01. The second-order valence-electron chi connectivity index (χ2n) is 6.15. The Balaban J connectivity index is 1.64. The molecule has 1 aromatic heterocycles. The Kier molecular flexibility index (Phi) is 5.74. The summed E-state index contributed by atoms with van der Waals surface area (Å²) in [6.07, 6.45) is 0. The van der Waals surface area contributed by atoms with Crippen molar-refractivity contribution in [3.63, 3.8) is 0 Å². The molecule has 1 N–H and O–H groups in total. The van der Waals surface area contributed by atoms with Crippen LogP contribution >= 0.6 is 0 Å². The lowest BCUT2D eigenvalue weighted by Crippen LogP contribution is -2.20. The number of rotatable bonds is 6. The molecule has 0 aliphatic carbocycles. The van der Waals surface area contributed by atoms with Crippen LogP contribution in [0.15, 0.2) is 54.6 Å². The topological polar surface area (TPSA) is 81.2 Å². The molecule has 1 amide bonds.